The van der Waals surface area contributed by atoms with E-state index in [-0.39, 0.29) is 24.5 Å². The highest BCUT2D eigenvalue weighted by Crippen LogP contribution is 2.53. The van der Waals surface area contributed by atoms with Gasteiger partial charge in [-0.15, -0.1) is 5.10 Å². The molecule has 2 bridgehead atoms. The zero-order valence-corrected chi connectivity index (χ0v) is 32.1. The Hall–Kier alpha value is -5.14. The molecule has 3 aromatic heterocycles. The summed E-state index contributed by atoms with van der Waals surface area (Å²) in [6.07, 6.45) is 8.13. The Kier molecular flexibility index (Phi) is 9.37. The molecule has 286 valence electrons. The summed E-state index contributed by atoms with van der Waals surface area (Å²) in [5.74, 6) is 1.85. The molecule has 55 heavy (non-hydrogen) atoms. The van der Waals surface area contributed by atoms with Gasteiger partial charge in [0.05, 0.1) is 30.6 Å². The van der Waals surface area contributed by atoms with E-state index in [2.05, 4.69) is 81.8 Å². The van der Waals surface area contributed by atoms with Gasteiger partial charge in [-0.3, -0.25) is 5.10 Å². The maximum absolute atomic E-state index is 15.8. The molecule has 9 rings (SSSR count). The first-order chi connectivity index (χ1) is 26.7. The van der Waals surface area contributed by atoms with Crippen molar-refractivity contribution in [3.05, 3.63) is 71.3 Å². The number of piperazine rings is 1. The number of nitrogens with one attached hydrogen (secondary N) is 2. The summed E-state index contributed by atoms with van der Waals surface area (Å²) in [5.41, 5.74) is 7.29. The number of aromatic nitrogens is 7. The van der Waals surface area contributed by atoms with Crippen LogP contribution in [0, 0.1) is 18.7 Å². The third-order valence-corrected chi connectivity index (χ3v) is 11.7. The van der Waals surface area contributed by atoms with Gasteiger partial charge in [0, 0.05) is 59.7 Å². The molecule has 5 heterocycles. The van der Waals surface area contributed by atoms with Crippen LogP contribution in [0.25, 0.3) is 44.2 Å². The van der Waals surface area contributed by atoms with Crippen molar-refractivity contribution >= 4 is 27.6 Å². The van der Waals surface area contributed by atoms with Gasteiger partial charge in [-0.25, -0.2) is 9.07 Å². The summed E-state index contributed by atoms with van der Waals surface area (Å²) in [6, 6.07) is 13.3. The molecule has 3 fully saturated rings. The lowest BCUT2D eigenvalue weighted by Gasteiger charge is -2.34. The van der Waals surface area contributed by atoms with Crippen molar-refractivity contribution in [3.63, 3.8) is 0 Å². The van der Waals surface area contributed by atoms with Gasteiger partial charge < -0.3 is 24.4 Å². The third kappa shape index (κ3) is 6.77. The molecule has 2 N–H and O–H groups in total. The SMILES string of the molecule is COCCOc1nc(N2CC3CCC(C2)N3)c2cc(C3CC3)c(-c3c(C)c(F)cc4[nH]ncc34)c(OCc3ccc(-c4cn(C(C)C(C)C)nn4)cc3)c2n1. The molecule has 3 aromatic carbocycles. The monoisotopic (exact) mass is 745 g/mol. The number of fused-ring (bicyclic) bond motifs is 4. The van der Waals surface area contributed by atoms with E-state index in [4.69, 9.17) is 24.2 Å². The quantitative estimate of drug-likeness (QED) is 0.115. The number of ether oxygens (including phenoxy) is 3. The molecule has 13 heteroatoms. The van der Waals surface area contributed by atoms with Gasteiger partial charge in [0.15, 0.2) is 5.75 Å². The second-order valence-corrected chi connectivity index (χ2v) is 15.8. The molecule has 6 aromatic rings. The van der Waals surface area contributed by atoms with Crippen LogP contribution in [0.15, 0.2) is 48.8 Å². The van der Waals surface area contributed by atoms with Gasteiger partial charge >= 0.3 is 6.01 Å². The van der Waals surface area contributed by atoms with Gasteiger partial charge in [0.25, 0.3) is 0 Å². The fourth-order valence-electron chi connectivity index (χ4n) is 8.15. The Morgan fingerprint density at radius 2 is 1.71 bits per heavy atom. The van der Waals surface area contributed by atoms with E-state index in [1.807, 2.05) is 17.8 Å². The van der Waals surface area contributed by atoms with Crippen molar-refractivity contribution in [1.82, 2.24) is 40.5 Å². The molecular formula is C42H48FN9O3. The Morgan fingerprint density at radius 3 is 2.44 bits per heavy atom. The van der Waals surface area contributed by atoms with Gasteiger partial charge in [-0.2, -0.15) is 15.1 Å². The standard InChI is InChI=1S/C42H48FN9O3/c1-23(2)25(4)52-21-36(49-50-52)28-8-6-26(7-9-28)22-55-40-38(37-24(3)34(43)17-35-33(37)18-44-48-35)31(27-10-11-27)16-32-39(40)46-42(54-15-14-53-5)47-41(32)51-19-29-12-13-30(20-51)45-29/h6-9,16-18,21,23,25,27,29-30,45H,10-15,19-20,22H2,1-5H3,(H,44,48). The normalized spacial score (nSPS) is 18.9. The van der Waals surface area contributed by atoms with Crippen molar-refractivity contribution in [1.29, 1.82) is 0 Å². The molecule has 1 aliphatic carbocycles. The average molecular weight is 746 g/mol. The minimum Gasteiger partial charge on any atom is -0.486 e. The first kappa shape index (κ1) is 35.6. The van der Waals surface area contributed by atoms with Crippen LogP contribution in [0.3, 0.4) is 0 Å². The van der Waals surface area contributed by atoms with Gasteiger partial charge in [-0.1, -0.05) is 43.3 Å². The third-order valence-electron chi connectivity index (χ3n) is 11.7. The number of benzene rings is 3. The lowest BCUT2D eigenvalue weighted by atomic mass is 9.88. The number of nitrogens with zero attached hydrogens (tertiary/aromatic N) is 7. The number of anilines is 1. The molecule has 2 saturated heterocycles. The minimum atomic E-state index is -0.307. The molecule has 0 radical (unpaired) electrons. The Balaban J connectivity index is 1.19. The van der Waals surface area contributed by atoms with Crippen molar-refractivity contribution in [2.45, 2.75) is 84.0 Å². The molecule has 3 atom stereocenters. The fraction of sp³-hybridized carbons (Fsp3) is 0.452. The second kappa shape index (κ2) is 14.5. The highest BCUT2D eigenvalue weighted by Gasteiger charge is 2.37. The van der Waals surface area contributed by atoms with Crippen molar-refractivity contribution in [3.8, 4) is 34.1 Å². The van der Waals surface area contributed by atoms with Gasteiger partial charge in [0.1, 0.15) is 36.1 Å². The van der Waals surface area contributed by atoms with Crippen LogP contribution in [0.4, 0.5) is 10.2 Å². The molecule has 1 saturated carbocycles. The minimum absolute atomic E-state index is 0.242. The van der Waals surface area contributed by atoms with Crippen LogP contribution >= 0.6 is 0 Å². The van der Waals surface area contributed by atoms with Crippen molar-refractivity contribution in [2.24, 2.45) is 5.92 Å². The van der Waals surface area contributed by atoms with Crippen LogP contribution < -0.4 is 19.7 Å². The number of aromatic amines is 1. The van der Waals surface area contributed by atoms with Crippen molar-refractivity contribution in [2.75, 3.05) is 38.3 Å². The summed E-state index contributed by atoms with van der Waals surface area (Å²) < 4.78 is 36.3. The highest BCUT2D eigenvalue weighted by molar-refractivity contribution is 6.06. The Labute approximate surface area is 319 Å². The predicted molar refractivity (Wildman–Crippen MR) is 210 cm³/mol. The van der Waals surface area contributed by atoms with E-state index in [0.717, 1.165) is 88.9 Å². The van der Waals surface area contributed by atoms with E-state index in [9.17, 15) is 0 Å². The molecule has 0 spiro atoms. The number of halogens is 1. The number of H-pyrrole nitrogens is 1. The summed E-state index contributed by atoms with van der Waals surface area (Å²) in [4.78, 5) is 12.5. The molecule has 12 nitrogen and oxygen atoms in total. The predicted octanol–water partition coefficient (Wildman–Crippen LogP) is 7.52. The summed E-state index contributed by atoms with van der Waals surface area (Å²) in [7, 11) is 1.64. The summed E-state index contributed by atoms with van der Waals surface area (Å²) in [6.45, 7) is 11.0. The maximum atomic E-state index is 15.8. The topological polar surface area (TPSA) is 128 Å². The van der Waals surface area contributed by atoms with Crippen molar-refractivity contribution < 1.29 is 18.6 Å². The van der Waals surface area contributed by atoms with E-state index in [0.29, 0.717) is 59.5 Å². The smallest absolute Gasteiger partial charge is 0.319 e. The zero-order chi connectivity index (χ0) is 37.8. The molecule has 0 amide bonds. The number of methoxy groups -OCH3 is 1. The van der Waals surface area contributed by atoms with Crippen LogP contribution in [-0.4, -0.2) is 80.7 Å². The molecule has 3 aliphatic rings. The summed E-state index contributed by atoms with van der Waals surface area (Å²) >= 11 is 0. The van der Waals surface area contributed by atoms with Crippen LogP contribution in [0.5, 0.6) is 11.8 Å². The lowest BCUT2D eigenvalue weighted by molar-refractivity contribution is 0.141. The van der Waals surface area contributed by atoms with Crippen LogP contribution in [-0.2, 0) is 11.3 Å². The molecular weight excluding hydrogens is 698 g/mol. The fourth-order valence-corrected chi connectivity index (χ4v) is 8.15. The Bertz CT molecular complexity index is 2340. The van der Waals surface area contributed by atoms with E-state index in [1.165, 1.54) is 6.07 Å². The maximum Gasteiger partial charge on any atom is 0.319 e. The highest BCUT2D eigenvalue weighted by atomic mass is 19.1. The first-order valence-electron chi connectivity index (χ1n) is 19.5. The zero-order valence-electron chi connectivity index (χ0n) is 32.1. The molecule has 2 aliphatic heterocycles. The summed E-state index contributed by atoms with van der Waals surface area (Å²) in [5, 5.41) is 21.7. The van der Waals surface area contributed by atoms with E-state index < -0.39 is 0 Å². The lowest BCUT2D eigenvalue weighted by Crippen LogP contribution is -2.51. The molecule has 3 unspecified atom stereocenters. The number of hydrogen-bond acceptors (Lipinski definition) is 10. The average Bonchev–Trinajstić information content (AvgIpc) is 3.55. The second-order valence-electron chi connectivity index (χ2n) is 15.8. The van der Waals surface area contributed by atoms with Gasteiger partial charge in [-0.05, 0) is 80.2 Å². The Morgan fingerprint density at radius 1 is 0.927 bits per heavy atom. The first-order valence-corrected chi connectivity index (χ1v) is 19.5. The van der Waals surface area contributed by atoms with Crippen LogP contribution in [0.2, 0.25) is 0 Å². The number of hydrogen-bond donors (Lipinski definition) is 2. The van der Waals surface area contributed by atoms with E-state index >= 15 is 4.39 Å². The van der Waals surface area contributed by atoms with E-state index in [1.54, 1.807) is 13.3 Å². The van der Waals surface area contributed by atoms with Crippen LogP contribution in [0.1, 0.15) is 75.1 Å². The number of rotatable bonds is 13. The largest absolute Gasteiger partial charge is 0.486 e. The van der Waals surface area contributed by atoms with Gasteiger partial charge in [0.2, 0.25) is 0 Å².